The summed E-state index contributed by atoms with van der Waals surface area (Å²) in [6.45, 7) is 0. The van der Waals surface area contributed by atoms with Crippen LogP contribution in [0.1, 0.15) is 37.7 Å². The van der Waals surface area contributed by atoms with Crippen LogP contribution in [0.3, 0.4) is 0 Å². The van der Waals surface area contributed by atoms with Crippen molar-refractivity contribution in [3.63, 3.8) is 0 Å². The fourth-order valence-corrected chi connectivity index (χ4v) is 2.70. The maximum Gasteiger partial charge on any atom is 0.304 e. The average Bonchev–Trinajstić information content (AvgIpc) is 2.68. The Morgan fingerprint density at radius 1 is 1.20 bits per heavy atom. The highest BCUT2D eigenvalue weighted by atomic mass is 16.4. The van der Waals surface area contributed by atoms with Crippen LogP contribution in [-0.4, -0.2) is 11.1 Å². The van der Waals surface area contributed by atoms with E-state index in [1.807, 2.05) is 18.2 Å². The molecule has 0 bridgehead atoms. The highest BCUT2D eigenvalue weighted by Crippen LogP contribution is 2.43. The van der Waals surface area contributed by atoms with E-state index in [0.29, 0.717) is 0 Å². The van der Waals surface area contributed by atoms with Crippen LogP contribution in [0.5, 0.6) is 0 Å². The molecule has 2 heteroatoms. The molecule has 0 aromatic heterocycles. The van der Waals surface area contributed by atoms with Gasteiger partial charge in [-0.2, -0.15) is 0 Å². The van der Waals surface area contributed by atoms with Crippen LogP contribution in [0.4, 0.5) is 0 Å². The second kappa shape index (κ2) is 4.05. The molecule has 2 rings (SSSR count). The third kappa shape index (κ3) is 2.04. The number of hydrogen-bond acceptors (Lipinski definition) is 1. The zero-order valence-corrected chi connectivity index (χ0v) is 8.78. The van der Waals surface area contributed by atoms with Gasteiger partial charge in [-0.05, 0) is 18.4 Å². The molecule has 1 aromatic rings. The van der Waals surface area contributed by atoms with E-state index in [4.69, 9.17) is 5.11 Å². The first-order valence-electron chi connectivity index (χ1n) is 5.50. The van der Waals surface area contributed by atoms with E-state index in [-0.39, 0.29) is 11.8 Å². The first-order chi connectivity index (χ1) is 7.23. The zero-order chi connectivity index (χ0) is 10.7. The summed E-state index contributed by atoms with van der Waals surface area (Å²) in [5.74, 6) is -0.680. The van der Waals surface area contributed by atoms with Gasteiger partial charge < -0.3 is 5.11 Å². The zero-order valence-electron chi connectivity index (χ0n) is 8.78. The van der Waals surface area contributed by atoms with Crippen LogP contribution in [0, 0.1) is 0 Å². The highest BCUT2D eigenvalue weighted by molar-refractivity contribution is 5.69. The van der Waals surface area contributed by atoms with E-state index in [0.717, 1.165) is 25.7 Å². The number of rotatable bonds is 3. The molecule has 1 fully saturated rings. The first-order valence-corrected chi connectivity index (χ1v) is 5.50. The number of aliphatic carboxylic acids is 1. The lowest BCUT2D eigenvalue weighted by Gasteiger charge is -2.27. The van der Waals surface area contributed by atoms with Crippen LogP contribution in [-0.2, 0) is 10.2 Å². The fraction of sp³-hybridized carbons (Fsp3) is 0.462. The summed E-state index contributed by atoms with van der Waals surface area (Å²) in [6, 6.07) is 10.1. The Bertz CT molecular complexity index is 337. The summed E-state index contributed by atoms with van der Waals surface area (Å²) in [7, 11) is 0. The van der Waals surface area contributed by atoms with Crippen molar-refractivity contribution in [2.24, 2.45) is 0 Å². The predicted molar refractivity (Wildman–Crippen MR) is 58.8 cm³/mol. The summed E-state index contributed by atoms with van der Waals surface area (Å²) in [6.07, 6.45) is 4.62. The maximum absolute atomic E-state index is 10.9. The van der Waals surface area contributed by atoms with Crippen LogP contribution in [0.2, 0.25) is 0 Å². The fourth-order valence-electron chi connectivity index (χ4n) is 2.70. The minimum atomic E-state index is -0.680. The van der Waals surface area contributed by atoms with Crippen LogP contribution >= 0.6 is 0 Å². The largest absolute Gasteiger partial charge is 0.481 e. The molecule has 0 aliphatic heterocycles. The number of benzene rings is 1. The molecule has 1 saturated carbocycles. The average molecular weight is 204 g/mol. The molecule has 1 aliphatic rings. The molecule has 80 valence electrons. The van der Waals surface area contributed by atoms with Gasteiger partial charge in [0.25, 0.3) is 0 Å². The second-order valence-electron chi connectivity index (χ2n) is 4.42. The van der Waals surface area contributed by atoms with Crippen molar-refractivity contribution in [1.29, 1.82) is 0 Å². The quantitative estimate of drug-likeness (QED) is 0.821. The summed E-state index contributed by atoms with van der Waals surface area (Å²) >= 11 is 0. The van der Waals surface area contributed by atoms with Crippen LogP contribution in [0.15, 0.2) is 30.3 Å². The van der Waals surface area contributed by atoms with Crippen molar-refractivity contribution in [1.82, 2.24) is 0 Å². The number of hydrogen-bond donors (Lipinski definition) is 1. The van der Waals surface area contributed by atoms with Gasteiger partial charge in [-0.3, -0.25) is 4.79 Å². The van der Waals surface area contributed by atoms with Crippen molar-refractivity contribution in [2.75, 3.05) is 0 Å². The van der Waals surface area contributed by atoms with E-state index in [9.17, 15) is 4.79 Å². The van der Waals surface area contributed by atoms with Gasteiger partial charge in [0.1, 0.15) is 0 Å². The molecule has 0 spiro atoms. The topological polar surface area (TPSA) is 37.3 Å². The van der Waals surface area contributed by atoms with Crippen molar-refractivity contribution in [2.45, 2.75) is 37.5 Å². The SMILES string of the molecule is O=C(O)CC1(c2ccccc2)CCCC1. The lowest BCUT2D eigenvalue weighted by molar-refractivity contribution is -0.138. The summed E-state index contributed by atoms with van der Waals surface area (Å²) in [5.41, 5.74) is 1.11. The molecule has 15 heavy (non-hydrogen) atoms. The smallest absolute Gasteiger partial charge is 0.304 e. The molecular formula is C13H16O2. The molecule has 0 atom stereocenters. The van der Waals surface area contributed by atoms with E-state index in [2.05, 4.69) is 12.1 Å². The summed E-state index contributed by atoms with van der Waals surface area (Å²) in [4.78, 5) is 10.9. The molecular weight excluding hydrogens is 188 g/mol. The third-order valence-electron chi connectivity index (χ3n) is 3.44. The van der Waals surface area contributed by atoms with E-state index < -0.39 is 5.97 Å². The van der Waals surface area contributed by atoms with Crippen molar-refractivity contribution < 1.29 is 9.90 Å². The number of carbonyl (C=O) groups is 1. The predicted octanol–water partition coefficient (Wildman–Crippen LogP) is 2.97. The van der Waals surface area contributed by atoms with E-state index >= 15 is 0 Å². The van der Waals surface area contributed by atoms with Crippen LogP contribution in [0.25, 0.3) is 0 Å². The molecule has 0 unspecified atom stereocenters. The van der Waals surface area contributed by atoms with Gasteiger partial charge >= 0.3 is 5.97 Å². The molecule has 0 saturated heterocycles. The Morgan fingerprint density at radius 2 is 1.80 bits per heavy atom. The van der Waals surface area contributed by atoms with Gasteiger partial charge in [-0.1, -0.05) is 43.2 Å². The molecule has 2 nitrogen and oxygen atoms in total. The number of carboxylic acid groups (broad SMARTS) is 1. The molecule has 1 N–H and O–H groups in total. The Morgan fingerprint density at radius 3 is 2.33 bits per heavy atom. The van der Waals surface area contributed by atoms with Gasteiger partial charge in [0, 0.05) is 5.41 Å². The van der Waals surface area contributed by atoms with Crippen molar-refractivity contribution in [3.05, 3.63) is 35.9 Å². The Hall–Kier alpha value is -1.31. The van der Waals surface area contributed by atoms with Gasteiger partial charge in [0.2, 0.25) is 0 Å². The van der Waals surface area contributed by atoms with E-state index in [1.54, 1.807) is 0 Å². The van der Waals surface area contributed by atoms with Gasteiger partial charge in [0.15, 0.2) is 0 Å². The van der Waals surface area contributed by atoms with Gasteiger partial charge in [-0.15, -0.1) is 0 Å². The van der Waals surface area contributed by atoms with Gasteiger partial charge in [0.05, 0.1) is 6.42 Å². The van der Waals surface area contributed by atoms with E-state index in [1.165, 1.54) is 5.56 Å². The Labute approximate surface area is 89.9 Å². The minimum Gasteiger partial charge on any atom is -0.481 e. The molecule has 0 radical (unpaired) electrons. The maximum atomic E-state index is 10.9. The normalized spacial score (nSPS) is 18.9. The lowest BCUT2D eigenvalue weighted by Crippen LogP contribution is -2.25. The molecule has 0 heterocycles. The van der Waals surface area contributed by atoms with Crippen molar-refractivity contribution >= 4 is 5.97 Å². The Balaban J connectivity index is 2.30. The highest BCUT2D eigenvalue weighted by Gasteiger charge is 2.37. The lowest BCUT2D eigenvalue weighted by atomic mass is 9.76. The minimum absolute atomic E-state index is 0.0902. The van der Waals surface area contributed by atoms with Crippen molar-refractivity contribution in [3.8, 4) is 0 Å². The van der Waals surface area contributed by atoms with Crippen LogP contribution < -0.4 is 0 Å². The first kappa shape index (κ1) is 10.2. The summed E-state index contributed by atoms with van der Waals surface area (Å²) < 4.78 is 0. The Kier molecular flexibility index (Phi) is 2.76. The molecule has 1 aromatic carbocycles. The second-order valence-corrected chi connectivity index (χ2v) is 4.42. The standard InChI is InChI=1S/C13H16O2/c14-12(15)10-13(8-4-5-9-13)11-6-2-1-3-7-11/h1-3,6-7H,4-5,8-10H2,(H,14,15). The number of carboxylic acids is 1. The molecule has 1 aliphatic carbocycles. The summed E-state index contributed by atoms with van der Waals surface area (Å²) in [5, 5.41) is 9.00. The monoisotopic (exact) mass is 204 g/mol. The van der Waals surface area contributed by atoms with Gasteiger partial charge in [-0.25, -0.2) is 0 Å². The molecule has 0 amide bonds. The third-order valence-corrected chi connectivity index (χ3v) is 3.44.